The summed E-state index contributed by atoms with van der Waals surface area (Å²) in [6, 6.07) is 6.27. The predicted molar refractivity (Wildman–Crippen MR) is 70.5 cm³/mol. The zero-order valence-corrected chi connectivity index (χ0v) is 10.9. The molecule has 0 saturated heterocycles. The van der Waals surface area contributed by atoms with Crippen LogP contribution in [0.5, 0.6) is 5.75 Å². The highest BCUT2D eigenvalue weighted by Crippen LogP contribution is 2.21. The van der Waals surface area contributed by atoms with E-state index < -0.39 is 0 Å². The lowest BCUT2D eigenvalue weighted by atomic mass is 9.88. The van der Waals surface area contributed by atoms with E-state index in [1.54, 1.807) is 12.1 Å². The number of nitrogens with one attached hydrogen (secondary N) is 1. The monoisotopic (exact) mass is 251 g/mol. The first-order chi connectivity index (χ1) is 8.44. The molecule has 100 valence electrons. The second-order valence-electron chi connectivity index (χ2n) is 5.22. The highest BCUT2D eigenvalue weighted by molar-refractivity contribution is 5.94. The summed E-state index contributed by atoms with van der Waals surface area (Å²) in [5.74, 6) is -0.106. The van der Waals surface area contributed by atoms with Gasteiger partial charge in [-0.3, -0.25) is 4.79 Å². The van der Waals surface area contributed by atoms with Gasteiger partial charge in [0.1, 0.15) is 5.75 Å². The maximum absolute atomic E-state index is 11.8. The average Bonchev–Trinajstić information content (AvgIpc) is 2.34. The Kier molecular flexibility index (Phi) is 5.16. The highest BCUT2D eigenvalue weighted by atomic mass is 16.3. The Morgan fingerprint density at radius 2 is 2.11 bits per heavy atom. The zero-order valence-electron chi connectivity index (χ0n) is 10.9. The molecule has 18 heavy (non-hydrogen) atoms. The lowest BCUT2D eigenvalue weighted by Crippen LogP contribution is -2.34. The van der Waals surface area contributed by atoms with Gasteiger partial charge in [0.05, 0.1) is 0 Å². The summed E-state index contributed by atoms with van der Waals surface area (Å²) in [6.07, 6.45) is 1.58. The summed E-state index contributed by atoms with van der Waals surface area (Å²) in [5.41, 5.74) is 0.405. The van der Waals surface area contributed by atoms with E-state index in [-0.39, 0.29) is 23.7 Å². The molecule has 0 aliphatic carbocycles. The Labute approximate surface area is 108 Å². The van der Waals surface area contributed by atoms with Crippen LogP contribution in [-0.2, 0) is 0 Å². The molecule has 0 radical (unpaired) electrons. The summed E-state index contributed by atoms with van der Waals surface area (Å²) in [5, 5.41) is 20.9. The SMILES string of the molecule is CC(C)(CCCO)CNC(=O)c1cccc(O)c1. The summed E-state index contributed by atoms with van der Waals surface area (Å²) >= 11 is 0. The van der Waals surface area contributed by atoms with Crippen molar-refractivity contribution in [3.8, 4) is 5.75 Å². The van der Waals surface area contributed by atoms with Crippen LogP contribution in [0.4, 0.5) is 0 Å². The van der Waals surface area contributed by atoms with Crippen LogP contribution in [0.25, 0.3) is 0 Å². The van der Waals surface area contributed by atoms with Crippen LogP contribution in [-0.4, -0.2) is 29.3 Å². The minimum Gasteiger partial charge on any atom is -0.508 e. The Hall–Kier alpha value is -1.55. The number of aliphatic hydroxyl groups is 1. The molecule has 0 heterocycles. The molecule has 0 bridgehead atoms. The minimum atomic E-state index is -0.192. The standard InChI is InChI=1S/C14H21NO3/c1-14(2,7-4-8-16)10-15-13(18)11-5-3-6-12(17)9-11/h3,5-6,9,16-17H,4,7-8,10H2,1-2H3,(H,15,18). The first-order valence-corrected chi connectivity index (χ1v) is 6.13. The maximum atomic E-state index is 11.8. The molecular formula is C14H21NO3. The van der Waals surface area contributed by atoms with E-state index in [1.807, 2.05) is 13.8 Å². The highest BCUT2D eigenvalue weighted by Gasteiger charge is 2.18. The van der Waals surface area contributed by atoms with Crippen LogP contribution in [0.2, 0.25) is 0 Å². The molecule has 0 aromatic heterocycles. The van der Waals surface area contributed by atoms with Crippen molar-refractivity contribution in [2.45, 2.75) is 26.7 Å². The molecule has 0 spiro atoms. The number of carbonyl (C=O) groups excluding carboxylic acids is 1. The third-order valence-corrected chi connectivity index (χ3v) is 2.85. The molecule has 0 atom stereocenters. The molecule has 1 amide bonds. The molecular weight excluding hydrogens is 230 g/mol. The number of aliphatic hydroxyl groups excluding tert-OH is 1. The van der Waals surface area contributed by atoms with E-state index in [9.17, 15) is 9.90 Å². The number of benzene rings is 1. The van der Waals surface area contributed by atoms with E-state index in [0.717, 1.165) is 12.8 Å². The van der Waals surface area contributed by atoms with Crippen molar-refractivity contribution >= 4 is 5.91 Å². The molecule has 4 nitrogen and oxygen atoms in total. The van der Waals surface area contributed by atoms with Crippen LogP contribution < -0.4 is 5.32 Å². The smallest absolute Gasteiger partial charge is 0.251 e. The molecule has 0 saturated carbocycles. The van der Waals surface area contributed by atoms with Crippen molar-refractivity contribution in [3.05, 3.63) is 29.8 Å². The lowest BCUT2D eigenvalue weighted by Gasteiger charge is -2.24. The van der Waals surface area contributed by atoms with Crippen molar-refractivity contribution in [1.29, 1.82) is 0 Å². The molecule has 0 aliphatic heterocycles. The van der Waals surface area contributed by atoms with E-state index in [2.05, 4.69) is 5.32 Å². The molecule has 1 aromatic rings. The fourth-order valence-corrected chi connectivity index (χ4v) is 1.71. The van der Waals surface area contributed by atoms with Gasteiger partial charge in [-0.05, 0) is 36.5 Å². The van der Waals surface area contributed by atoms with Gasteiger partial charge in [0, 0.05) is 18.7 Å². The van der Waals surface area contributed by atoms with Gasteiger partial charge < -0.3 is 15.5 Å². The van der Waals surface area contributed by atoms with Crippen molar-refractivity contribution in [3.63, 3.8) is 0 Å². The van der Waals surface area contributed by atoms with Crippen LogP contribution in [0, 0.1) is 5.41 Å². The van der Waals surface area contributed by atoms with Gasteiger partial charge in [0.15, 0.2) is 0 Å². The van der Waals surface area contributed by atoms with Gasteiger partial charge in [0.2, 0.25) is 0 Å². The molecule has 3 N–H and O–H groups in total. The minimum absolute atomic E-state index is 0.0464. The van der Waals surface area contributed by atoms with Gasteiger partial charge in [0.25, 0.3) is 5.91 Å². The Morgan fingerprint density at radius 3 is 2.72 bits per heavy atom. The molecule has 4 heteroatoms. The van der Waals surface area contributed by atoms with Crippen LogP contribution in [0.15, 0.2) is 24.3 Å². The van der Waals surface area contributed by atoms with Crippen molar-refractivity contribution in [1.82, 2.24) is 5.32 Å². The first-order valence-electron chi connectivity index (χ1n) is 6.13. The van der Waals surface area contributed by atoms with Crippen LogP contribution in [0.1, 0.15) is 37.0 Å². The fraction of sp³-hybridized carbons (Fsp3) is 0.500. The number of carbonyl (C=O) groups is 1. The summed E-state index contributed by atoms with van der Waals surface area (Å²) in [7, 11) is 0. The van der Waals surface area contributed by atoms with Crippen LogP contribution in [0.3, 0.4) is 0 Å². The van der Waals surface area contributed by atoms with Gasteiger partial charge in [-0.1, -0.05) is 19.9 Å². The van der Waals surface area contributed by atoms with E-state index >= 15 is 0 Å². The number of hydrogen-bond acceptors (Lipinski definition) is 3. The molecule has 1 aromatic carbocycles. The Bertz CT molecular complexity index is 402. The Balaban J connectivity index is 2.50. The van der Waals surface area contributed by atoms with Crippen molar-refractivity contribution in [2.75, 3.05) is 13.2 Å². The lowest BCUT2D eigenvalue weighted by molar-refractivity contribution is 0.0932. The number of rotatable bonds is 6. The van der Waals surface area contributed by atoms with Crippen molar-refractivity contribution in [2.24, 2.45) is 5.41 Å². The second kappa shape index (κ2) is 6.40. The molecule has 0 aliphatic rings. The van der Waals surface area contributed by atoms with Gasteiger partial charge >= 0.3 is 0 Å². The van der Waals surface area contributed by atoms with Gasteiger partial charge in [-0.2, -0.15) is 0 Å². The number of hydrogen-bond donors (Lipinski definition) is 3. The molecule has 0 unspecified atom stereocenters. The molecule has 1 rings (SSSR count). The number of amides is 1. The van der Waals surface area contributed by atoms with E-state index in [4.69, 9.17) is 5.11 Å². The predicted octanol–water partition coefficient (Wildman–Crippen LogP) is 1.92. The zero-order chi connectivity index (χ0) is 13.6. The maximum Gasteiger partial charge on any atom is 0.251 e. The van der Waals surface area contributed by atoms with Crippen molar-refractivity contribution < 1.29 is 15.0 Å². The summed E-state index contributed by atoms with van der Waals surface area (Å²) in [4.78, 5) is 11.8. The largest absolute Gasteiger partial charge is 0.508 e. The van der Waals surface area contributed by atoms with Crippen LogP contribution >= 0.6 is 0 Å². The topological polar surface area (TPSA) is 69.6 Å². The van der Waals surface area contributed by atoms with Gasteiger partial charge in [-0.15, -0.1) is 0 Å². The van der Waals surface area contributed by atoms with E-state index in [1.165, 1.54) is 12.1 Å². The Morgan fingerprint density at radius 1 is 1.39 bits per heavy atom. The summed E-state index contributed by atoms with van der Waals surface area (Å²) < 4.78 is 0. The quantitative estimate of drug-likeness (QED) is 0.723. The number of phenolic OH excluding ortho intramolecular Hbond substituents is 1. The summed E-state index contributed by atoms with van der Waals surface area (Å²) in [6.45, 7) is 4.81. The first kappa shape index (κ1) is 14.5. The average molecular weight is 251 g/mol. The third-order valence-electron chi connectivity index (χ3n) is 2.85. The normalized spacial score (nSPS) is 11.3. The third kappa shape index (κ3) is 4.75. The van der Waals surface area contributed by atoms with E-state index in [0.29, 0.717) is 12.1 Å². The van der Waals surface area contributed by atoms with Gasteiger partial charge in [-0.25, -0.2) is 0 Å². The number of aromatic hydroxyl groups is 1. The number of phenols is 1. The molecule has 0 fully saturated rings. The fourth-order valence-electron chi connectivity index (χ4n) is 1.71. The second-order valence-corrected chi connectivity index (χ2v) is 5.22.